The number of rotatable bonds is 13. The largest absolute Gasteiger partial charge is 0.507 e. The number of aliphatic carboxylic acids is 1. The first-order valence-electron chi connectivity index (χ1n) is 15.0. The smallest absolute Gasteiger partial charge is 0.332 e. The molecule has 4 rings (SSSR count). The molecular formula is C34H46O6S. The molecule has 1 aromatic rings. The van der Waals surface area contributed by atoms with Gasteiger partial charge in [-0.05, 0) is 87.5 Å². The minimum Gasteiger partial charge on any atom is -0.507 e. The molecule has 0 amide bonds. The Kier molecular flexibility index (Phi) is 10.1. The number of carbonyl (C=O) groups excluding carboxylic acids is 1. The van der Waals surface area contributed by atoms with Crippen molar-refractivity contribution in [3.05, 3.63) is 58.2 Å². The van der Waals surface area contributed by atoms with Gasteiger partial charge in [-0.1, -0.05) is 50.5 Å². The molecule has 1 fully saturated rings. The van der Waals surface area contributed by atoms with Gasteiger partial charge in [-0.25, -0.2) is 4.79 Å². The number of aryl methyl sites for hydroxylation is 1. The number of carboxylic acids is 1. The molecule has 0 aromatic heterocycles. The minimum absolute atomic E-state index is 0.0267. The van der Waals surface area contributed by atoms with Crippen molar-refractivity contribution >= 4 is 23.5 Å². The number of ether oxygens (including phenoxy) is 1. The first kappa shape index (κ1) is 31.4. The monoisotopic (exact) mass is 582 g/mol. The van der Waals surface area contributed by atoms with Gasteiger partial charge in [0.05, 0.1) is 12.0 Å². The van der Waals surface area contributed by atoms with Crippen LogP contribution in [0.25, 0.3) is 0 Å². The van der Waals surface area contributed by atoms with Crippen LogP contribution in [0.5, 0.6) is 11.5 Å². The standard InChI is InChI=1S/C34H46O6S/c1-7-8-9-10-22-14-26(36)30(24-13-19(4)11-12-23(24)18(2)3)27(15-22)40-17-41-16-25-20(5)28-29(21(6)35)33(37)32(28)31(25)34(38)39/h13-15,20-21,23-24,28-29,32,35-36H,2,7-12,16-17H2,1,3-6H3,(H,38,39)/t20-,21+,23-,24+,28+,29+,32?/m0/s1. The van der Waals surface area contributed by atoms with Crippen LogP contribution >= 0.6 is 11.8 Å². The number of aromatic hydroxyl groups is 1. The molecule has 1 unspecified atom stereocenters. The Labute approximate surface area is 249 Å². The Bertz CT molecular complexity index is 1240. The van der Waals surface area contributed by atoms with Crippen LogP contribution in [0.15, 0.2) is 47.1 Å². The zero-order chi connectivity index (χ0) is 30.0. The molecule has 0 bridgehead atoms. The molecule has 0 saturated heterocycles. The fourth-order valence-corrected chi connectivity index (χ4v) is 8.27. The van der Waals surface area contributed by atoms with E-state index in [-0.39, 0.29) is 46.7 Å². The first-order valence-corrected chi connectivity index (χ1v) is 16.2. The molecule has 0 aliphatic heterocycles. The quantitative estimate of drug-likeness (QED) is 0.130. The molecular weight excluding hydrogens is 536 g/mol. The van der Waals surface area contributed by atoms with Crippen molar-refractivity contribution in [3.63, 3.8) is 0 Å². The van der Waals surface area contributed by atoms with E-state index in [0.717, 1.165) is 60.8 Å². The normalized spacial score (nSPS) is 28.1. The number of carboxylic acid groups (broad SMARTS) is 1. The third kappa shape index (κ3) is 6.31. The van der Waals surface area contributed by atoms with Gasteiger partial charge in [0.1, 0.15) is 23.2 Å². The van der Waals surface area contributed by atoms with Crippen LogP contribution in [-0.4, -0.2) is 44.9 Å². The lowest BCUT2D eigenvalue weighted by Gasteiger charge is -2.43. The number of unbranched alkanes of at least 4 members (excludes halogenated alkanes) is 2. The number of aliphatic hydroxyl groups is 1. The summed E-state index contributed by atoms with van der Waals surface area (Å²) in [5, 5.41) is 31.4. The molecule has 224 valence electrons. The van der Waals surface area contributed by atoms with Crippen LogP contribution in [0, 0.1) is 29.6 Å². The second-order valence-electron chi connectivity index (χ2n) is 12.4. The summed E-state index contributed by atoms with van der Waals surface area (Å²) >= 11 is 1.48. The van der Waals surface area contributed by atoms with E-state index in [1.807, 2.05) is 13.0 Å². The van der Waals surface area contributed by atoms with Crippen molar-refractivity contribution in [3.8, 4) is 11.5 Å². The highest BCUT2D eigenvalue weighted by molar-refractivity contribution is 7.99. The number of aliphatic hydroxyl groups excluding tert-OH is 1. The van der Waals surface area contributed by atoms with Crippen molar-refractivity contribution < 1.29 is 29.6 Å². The second kappa shape index (κ2) is 13.2. The van der Waals surface area contributed by atoms with Gasteiger partial charge < -0.3 is 20.1 Å². The number of ketones is 1. The summed E-state index contributed by atoms with van der Waals surface area (Å²) in [7, 11) is 0. The Morgan fingerprint density at radius 3 is 2.63 bits per heavy atom. The van der Waals surface area contributed by atoms with E-state index in [1.54, 1.807) is 6.92 Å². The third-order valence-corrected chi connectivity index (χ3v) is 10.3. The lowest BCUT2D eigenvalue weighted by molar-refractivity contribution is -0.151. The molecule has 0 heterocycles. The molecule has 7 heteroatoms. The number of allylic oxidation sites excluding steroid dienone is 3. The summed E-state index contributed by atoms with van der Waals surface area (Å²) in [6.07, 6.45) is 7.59. The molecule has 1 saturated carbocycles. The molecule has 3 N–H and O–H groups in total. The highest BCUT2D eigenvalue weighted by Gasteiger charge is 2.61. The fourth-order valence-electron chi connectivity index (χ4n) is 7.33. The van der Waals surface area contributed by atoms with Crippen molar-refractivity contribution in [2.24, 2.45) is 29.6 Å². The summed E-state index contributed by atoms with van der Waals surface area (Å²) in [6.45, 7) is 14.2. The topological polar surface area (TPSA) is 104 Å². The van der Waals surface area contributed by atoms with Crippen LogP contribution in [0.2, 0.25) is 0 Å². The maximum atomic E-state index is 12.7. The minimum atomic E-state index is -1.05. The summed E-state index contributed by atoms with van der Waals surface area (Å²) in [6, 6.07) is 3.94. The number of Topliss-reactive ketones (excluding diaryl/α,β-unsaturated/α-hetero) is 1. The second-order valence-corrected chi connectivity index (χ2v) is 13.3. The Hall–Kier alpha value is -2.51. The maximum Gasteiger partial charge on any atom is 0.332 e. The number of thioether (sulfide) groups is 1. The molecule has 3 aliphatic rings. The number of carbonyl (C=O) groups is 2. The molecule has 41 heavy (non-hydrogen) atoms. The van der Waals surface area contributed by atoms with Crippen LogP contribution in [0.3, 0.4) is 0 Å². The number of benzene rings is 1. The number of phenolic OH excluding ortho intramolecular Hbond substituents is 1. The van der Waals surface area contributed by atoms with E-state index in [4.69, 9.17) is 4.74 Å². The van der Waals surface area contributed by atoms with Gasteiger partial charge in [-0.3, -0.25) is 4.79 Å². The Balaban J connectivity index is 1.56. The van der Waals surface area contributed by atoms with Crippen molar-refractivity contribution in [1.29, 1.82) is 0 Å². The zero-order valence-corrected chi connectivity index (χ0v) is 25.9. The van der Waals surface area contributed by atoms with Gasteiger partial charge in [0.25, 0.3) is 0 Å². The van der Waals surface area contributed by atoms with E-state index in [1.165, 1.54) is 17.3 Å². The van der Waals surface area contributed by atoms with Gasteiger partial charge in [0.2, 0.25) is 0 Å². The van der Waals surface area contributed by atoms with Gasteiger partial charge in [-0.15, -0.1) is 11.8 Å². The lowest BCUT2D eigenvalue weighted by atomic mass is 9.59. The van der Waals surface area contributed by atoms with Gasteiger partial charge >= 0.3 is 5.97 Å². The Morgan fingerprint density at radius 1 is 1.27 bits per heavy atom. The maximum absolute atomic E-state index is 12.7. The van der Waals surface area contributed by atoms with Crippen LogP contribution in [0.4, 0.5) is 0 Å². The van der Waals surface area contributed by atoms with Crippen LogP contribution in [-0.2, 0) is 16.0 Å². The highest BCUT2D eigenvalue weighted by atomic mass is 32.2. The lowest BCUT2D eigenvalue weighted by Crippen LogP contribution is -2.53. The summed E-state index contributed by atoms with van der Waals surface area (Å²) in [5.74, 6) is -0.761. The fraction of sp³-hybridized carbons (Fsp3) is 0.588. The van der Waals surface area contributed by atoms with E-state index >= 15 is 0 Å². The van der Waals surface area contributed by atoms with Crippen molar-refractivity contribution in [1.82, 2.24) is 0 Å². The molecule has 6 nitrogen and oxygen atoms in total. The summed E-state index contributed by atoms with van der Waals surface area (Å²) in [4.78, 5) is 24.9. The molecule has 7 atom stereocenters. The van der Waals surface area contributed by atoms with E-state index in [2.05, 4.69) is 39.5 Å². The number of hydrogen-bond donors (Lipinski definition) is 3. The average Bonchev–Trinajstić information content (AvgIpc) is 3.14. The first-order chi connectivity index (χ1) is 19.5. The summed E-state index contributed by atoms with van der Waals surface area (Å²) in [5.41, 5.74) is 5.20. The molecule has 0 radical (unpaired) electrons. The Morgan fingerprint density at radius 2 is 2.00 bits per heavy atom. The van der Waals surface area contributed by atoms with E-state index < -0.39 is 23.9 Å². The van der Waals surface area contributed by atoms with Gasteiger partial charge in [-0.2, -0.15) is 0 Å². The van der Waals surface area contributed by atoms with Gasteiger partial charge in [0.15, 0.2) is 0 Å². The van der Waals surface area contributed by atoms with Crippen molar-refractivity contribution in [2.45, 2.75) is 85.2 Å². The van der Waals surface area contributed by atoms with E-state index in [0.29, 0.717) is 11.5 Å². The highest BCUT2D eigenvalue weighted by Crippen LogP contribution is 2.56. The summed E-state index contributed by atoms with van der Waals surface area (Å²) < 4.78 is 6.39. The van der Waals surface area contributed by atoms with Gasteiger partial charge in [0, 0.05) is 28.7 Å². The third-order valence-electron chi connectivity index (χ3n) is 9.49. The number of fused-ring (bicyclic) bond motifs is 1. The molecule has 1 aromatic carbocycles. The SMILES string of the molecule is C=C(C)[C@@H]1CCC(C)=C[C@H]1c1c(O)cc(CCCCC)cc1OCSCC1=C(C(=O)O)C2C(=O)[C@H]([C@@H](C)O)[C@H]2[C@H]1C. The number of phenols is 1. The predicted molar refractivity (Wildman–Crippen MR) is 164 cm³/mol. The van der Waals surface area contributed by atoms with Crippen molar-refractivity contribution in [2.75, 3.05) is 11.7 Å². The molecule has 0 spiro atoms. The van der Waals surface area contributed by atoms with Crippen LogP contribution < -0.4 is 4.74 Å². The predicted octanol–water partition coefficient (Wildman–Crippen LogP) is 7.05. The van der Waals surface area contributed by atoms with Crippen LogP contribution in [0.1, 0.15) is 83.8 Å². The van der Waals surface area contributed by atoms with E-state index in [9.17, 15) is 24.9 Å². The average molecular weight is 583 g/mol. The molecule has 3 aliphatic carbocycles. The number of hydrogen-bond acceptors (Lipinski definition) is 6. The zero-order valence-electron chi connectivity index (χ0n) is 25.1.